The number of nitro benzene ring substituents is 1. The van der Waals surface area contributed by atoms with Gasteiger partial charge in [0.1, 0.15) is 5.82 Å². The van der Waals surface area contributed by atoms with E-state index in [0.717, 1.165) is 0 Å². The number of rotatable bonds is 5. The molecule has 0 aliphatic heterocycles. The van der Waals surface area contributed by atoms with Crippen molar-refractivity contribution in [3.63, 3.8) is 0 Å². The molecule has 0 radical (unpaired) electrons. The molecule has 10 heteroatoms. The summed E-state index contributed by atoms with van der Waals surface area (Å²) in [5.74, 6) is -3.56. The second-order valence-corrected chi connectivity index (χ2v) is 3.25. The Morgan fingerprint density at radius 3 is 2.79 bits per heavy atom. The van der Waals surface area contributed by atoms with E-state index in [1.54, 1.807) is 0 Å². The molecular formula is C9H7F2N5O3. The minimum Gasteiger partial charge on any atom is -0.352 e. The van der Waals surface area contributed by atoms with Gasteiger partial charge in [-0.3, -0.25) is 14.9 Å². The maximum Gasteiger partial charge on any atom is 0.308 e. The average molecular weight is 271 g/mol. The van der Waals surface area contributed by atoms with E-state index < -0.39 is 33.7 Å². The predicted octanol–water partition coefficient (Wildman–Crippen LogP) is 1.91. The van der Waals surface area contributed by atoms with Crippen molar-refractivity contribution in [3.05, 3.63) is 49.9 Å². The molecule has 1 aromatic rings. The van der Waals surface area contributed by atoms with Gasteiger partial charge in [-0.25, -0.2) is 4.39 Å². The summed E-state index contributed by atoms with van der Waals surface area (Å²) >= 11 is 0. The van der Waals surface area contributed by atoms with E-state index in [1.165, 1.54) is 0 Å². The normalized spacial score (nSPS) is 9.58. The molecule has 0 aliphatic rings. The number of nitrogens with one attached hydrogen (secondary N) is 1. The van der Waals surface area contributed by atoms with Crippen molar-refractivity contribution < 1.29 is 18.5 Å². The molecule has 1 N–H and O–H groups in total. The third kappa shape index (κ3) is 3.61. The zero-order chi connectivity index (χ0) is 14.4. The Morgan fingerprint density at radius 2 is 2.21 bits per heavy atom. The number of carbonyl (C=O) groups is 1. The van der Waals surface area contributed by atoms with E-state index in [1.807, 2.05) is 0 Å². The highest BCUT2D eigenvalue weighted by Crippen LogP contribution is 2.22. The predicted molar refractivity (Wildman–Crippen MR) is 59.4 cm³/mol. The lowest BCUT2D eigenvalue weighted by molar-refractivity contribution is -0.387. The maximum absolute atomic E-state index is 13.6. The molecule has 100 valence electrons. The quantitative estimate of drug-likeness (QED) is 0.220. The summed E-state index contributed by atoms with van der Waals surface area (Å²) in [6.07, 6.45) is 0. The number of hydrogen-bond acceptors (Lipinski definition) is 4. The molecular weight excluding hydrogens is 264 g/mol. The summed E-state index contributed by atoms with van der Waals surface area (Å²) in [4.78, 5) is 23.2. The van der Waals surface area contributed by atoms with E-state index in [-0.39, 0.29) is 13.1 Å². The third-order valence-electron chi connectivity index (χ3n) is 2.02. The lowest BCUT2D eigenvalue weighted by Crippen LogP contribution is -2.27. The number of carbonyl (C=O) groups excluding carboxylic acids is 1. The van der Waals surface area contributed by atoms with Gasteiger partial charge < -0.3 is 5.32 Å². The van der Waals surface area contributed by atoms with Crippen LogP contribution in [0.2, 0.25) is 0 Å². The van der Waals surface area contributed by atoms with Crippen LogP contribution in [0.4, 0.5) is 14.5 Å². The van der Waals surface area contributed by atoms with Gasteiger partial charge in [-0.2, -0.15) is 4.39 Å². The van der Waals surface area contributed by atoms with Crippen molar-refractivity contribution in [2.45, 2.75) is 0 Å². The maximum atomic E-state index is 13.6. The van der Waals surface area contributed by atoms with Crippen LogP contribution >= 0.6 is 0 Å². The Labute approximate surface area is 104 Å². The monoisotopic (exact) mass is 271 g/mol. The molecule has 19 heavy (non-hydrogen) atoms. The highest BCUT2D eigenvalue weighted by Gasteiger charge is 2.23. The van der Waals surface area contributed by atoms with Gasteiger partial charge in [0, 0.05) is 18.0 Å². The van der Waals surface area contributed by atoms with Gasteiger partial charge in [-0.1, -0.05) is 5.11 Å². The highest BCUT2D eigenvalue weighted by atomic mass is 19.1. The van der Waals surface area contributed by atoms with Gasteiger partial charge in [0.25, 0.3) is 5.91 Å². The molecule has 1 rings (SSSR count). The zero-order valence-corrected chi connectivity index (χ0v) is 9.34. The third-order valence-corrected chi connectivity index (χ3v) is 2.02. The summed E-state index contributed by atoms with van der Waals surface area (Å²) in [7, 11) is 0. The first kappa shape index (κ1) is 14.3. The molecule has 0 aromatic heterocycles. The fraction of sp³-hybridized carbons (Fsp3) is 0.222. The number of amides is 1. The molecule has 0 spiro atoms. The summed E-state index contributed by atoms with van der Waals surface area (Å²) < 4.78 is 26.6. The van der Waals surface area contributed by atoms with Crippen molar-refractivity contribution in [1.29, 1.82) is 0 Å². The first-order valence-electron chi connectivity index (χ1n) is 4.90. The largest absolute Gasteiger partial charge is 0.352 e. The van der Waals surface area contributed by atoms with Gasteiger partial charge in [-0.15, -0.1) is 0 Å². The molecule has 0 saturated heterocycles. The summed E-state index contributed by atoms with van der Waals surface area (Å²) in [6, 6.07) is 0.928. The second-order valence-electron chi connectivity index (χ2n) is 3.25. The Kier molecular flexibility index (Phi) is 4.72. The van der Waals surface area contributed by atoms with Crippen molar-refractivity contribution in [2.75, 3.05) is 13.1 Å². The summed E-state index contributed by atoms with van der Waals surface area (Å²) in [6.45, 7) is -0.187. The minimum absolute atomic E-state index is 0.0821. The van der Waals surface area contributed by atoms with E-state index in [2.05, 4.69) is 15.3 Å². The van der Waals surface area contributed by atoms with Crippen molar-refractivity contribution in [1.82, 2.24) is 5.32 Å². The molecule has 8 nitrogen and oxygen atoms in total. The second kappa shape index (κ2) is 6.26. The van der Waals surface area contributed by atoms with Crippen molar-refractivity contribution >= 4 is 11.6 Å². The lowest BCUT2D eigenvalue weighted by atomic mass is 10.1. The zero-order valence-electron chi connectivity index (χ0n) is 9.34. The molecule has 0 atom stereocenters. The van der Waals surface area contributed by atoms with Gasteiger partial charge in [-0.05, 0) is 11.6 Å². The smallest absolute Gasteiger partial charge is 0.308 e. The van der Waals surface area contributed by atoms with E-state index in [9.17, 15) is 23.7 Å². The SMILES string of the molecule is [N-]=[N+]=NCCNC(=O)c1cc(F)cc([N+](=O)[O-])c1F. The number of azide groups is 1. The Hall–Kier alpha value is -2.74. The average Bonchev–Trinajstić information content (AvgIpc) is 2.36. The number of nitrogens with zero attached hydrogens (tertiary/aromatic N) is 4. The fourth-order valence-electron chi connectivity index (χ4n) is 1.23. The van der Waals surface area contributed by atoms with Gasteiger partial charge >= 0.3 is 5.69 Å². The molecule has 0 bridgehead atoms. The standard InChI is InChI=1S/C9H7F2N5O3/c10-5-3-6(8(11)7(4-5)16(18)19)9(17)13-1-2-14-15-12/h3-4H,1-2H2,(H,13,17). The fourth-order valence-corrected chi connectivity index (χ4v) is 1.23. The van der Waals surface area contributed by atoms with Gasteiger partial charge in [0.05, 0.1) is 16.6 Å². The van der Waals surface area contributed by atoms with E-state index in [4.69, 9.17) is 5.53 Å². The van der Waals surface area contributed by atoms with Crippen molar-refractivity contribution in [3.8, 4) is 0 Å². The van der Waals surface area contributed by atoms with Gasteiger partial charge in [0.2, 0.25) is 5.82 Å². The topological polar surface area (TPSA) is 121 Å². The molecule has 0 heterocycles. The molecule has 1 amide bonds. The van der Waals surface area contributed by atoms with Crippen LogP contribution in [0.15, 0.2) is 17.2 Å². The lowest BCUT2D eigenvalue weighted by Gasteiger charge is -2.05. The Bertz CT molecular complexity index is 571. The summed E-state index contributed by atoms with van der Waals surface area (Å²) in [5, 5.41) is 15.7. The van der Waals surface area contributed by atoms with Crippen LogP contribution in [0.25, 0.3) is 10.4 Å². The highest BCUT2D eigenvalue weighted by molar-refractivity contribution is 5.95. The Balaban J connectivity index is 2.96. The van der Waals surface area contributed by atoms with Crippen LogP contribution in [-0.4, -0.2) is 23.9 Å². The first-order chi connectivity index (χ1) is 8.97. The van der Waals surface area contributed by atoms with Crippen LogP contribution in [0.5, 0.6) is 0 Å². The van der Waals surface area contributed by atoms with Crippen molar-refractivity contribution in [2.24, 2.45) is 5.11 Å². The Morgan fingerprint density at radius 1 is 1.53 bits per heavy atom. The van der Waals surface area contributed by atoms with Gasteiger partial charge in [0.15, 0.2) is 0 Å². The molecule has 0 saturated carbocycles. The molecule has 1 aromatic carbocycles. The number of hydrogen-bond donors (Lipinski definition) is 1. The summed E-state index contributed by atoms with van der Waals surface area (Å²) in [5.41, 5.74) is 6.08. The number of nitro groups is 1. The van der Waals surface area contributed by atoms with Crippen LogP contribution < -0.4 is 5.32 Å². The van der Waals surface area contributed by atoms with E-state index in [0.29, 0.717) is 12.1 Å². The van der Waals surface area contributed by atoms with E-state index >= 15 is 0 Å². The van der Waals surface area contributed by atoms with Crippen LogP contribution in [-0.2, 0) is 0 Å². The first-order valence-corrected chi connectivity index (χ1v) is 4.90. The molecule has 0 aliphatic carbocycles. The van der Waals surface area contributed by atoms with Crippen LogP contribution in [0.1, 0.15) is 10.4 Å². The van der Waals surface area contributed by atoms with Crippen LogP contribution in [0.3, 0.4) is 0 Å². The molecule has 0 fully saturated rings. The number of halogens is 2. The van der Waals surface area contributed by atoms with Crippen LogP contribution in [0, 0.1) is 21.7 Å². The minimum atomic E-state index is -1.42. The number of benzene rings is 1. The molecule has 0 unspecified atom stereocenters.